The maximum absolute atomic E-state index is 11.1. The van der Waals surface area contributed by atoms with E-state index in [1.807, 2.05) is 61.5 Å². The van der Waals surface area contributed by atoms with Crippen LogP contribution in [0, 0.1) is 6.92 Å². The van der Waals surface area contributed by atoms with Gasteiger partial charge in [-0.3, -0.25) is 9.35 Å². The van der Waals surface area contributed by atoms with Crippen molar-refractivity contribution < 1.29 is 31.7 Å². The summed E-state index contributed by atoms with van der Waals surface area (Å²) in [6.07, 6.45) is 0. The van der Waals surface area contributed by atoms with Gasteiger partial charge >= 0.3 is 10.1 Å². The van der Waals surface area contributed by atoms with Crippen LogP contribution in [0.4, 0.5) is 0 Å². The lowest BCUT2D eigenvalue weighted by Gasteiger charge is -2.08. The molecule has 0 saturated carbocycles. The van der Waals surface area contributed by atoms with Gasteiger partial charge in [0.25, 0.3) is 0 Å². The van der Waals surface area contributed by atoms with E-state index in [1.165, 1.54) is 6.07 Å². The number of hydrogen-bond acceptors (Lipinski definition) is 6. The third-order valence-corrected chi connectivity index (χ3v) is 5.77. The van der Waals surface area contributed by atoms with E-state index in [1.54, 1.807) is 31.2 Å². The van der Waals surface area contributed by atoms with Crippen LogP contribution in [0.25, 0.3) is 11.1 Å². The fraction of sp³-hybridized carbons (Fsp3) is 0.148. The molecule has 0 saturated heterocycles. The minimum Gasteiger partial charge on any atom is -0.494 e. The molecule has 1 amide bonds. The van der Waals surface area contributed by atoms with Gasteiger partial charge in [-0.15, -0.1) is 0 Å². The van der Waals surface area contributed by atoms with E-state index in [-0.39, 0.29) is 12.5 Å². The lowest BCUT2D eigenvalue weighted by molar-refractivity contribution is 0.1000. The molecule has 8 nitrogen and oxygen atoms in total. The van der Waals surface area contributed by atoms with Crippen molar-refractivity contribution in [3.63, 3.8) is 0 Å². The number of benzene rings is 3. The Hall–Kier alpha value is -4.08. The number of furan rings is 1. The Morgan fingerprint density at radius 3 is 1.83 bits per heavy atom. The van der Waals surface area contributed by atoms with Gasteiger partial charge in [0.15, 0.2) is 0 Å². The van der Waals surface area contributed by atoms with Crippen molar-refractivity contribution in [1.82, 2.24) is 0 Å². The van der Waals surface area contributed by atoms with Gasteiger partial charge in [0.1, 0.15) is 23.9 Å². The van der Waals surface area contributed by atoms with Crippen LogP contribution in [0.3, 0.4) is 0 Å². The number of aryl methyl sites for hydroxylation is 1. The number of carbonyl (C=O) groups is 1. The molecule has 0 bridgehead atoms. The largest absolute Gasteiger partial charge is 0.494 e. The Morgan fingerprint density at radius 1 is 0.889 bits per heavy atom. The standard InChI is InChI=1S/C20H20O6S.C7H7NO/c1-3-24-18-8-4-15(5-9-18)16-6-10-19(11-7-16)25-13-17-12-20(26-14(17)2)27(21,22)23;8-7(9)6-4-2-1-3-5-6/h4-12H,3,13H2,1-2H3,(H,21,22,23);1-5H,(H2,8,9). The quantitative estimate of drug-likeness (QED) is 0.310. The van der Waals surface area contributed by atoms with Crippen LogP contribution < -0.4 is 15.2 Å². The van der Waals surface area contributed by atoms with Gasteiger partial charge in [0.05, 0.1) is 6.61 Å². The second kappa shape index (κ2) is 12.1. The summed E-state index contributed by atoms with van der Waals surface area (Å²) in [7, 11) is -4.36. The van der Waals surface area contributed by atoms with Crippen molar-refractivity contribution in [2.75, 3.05) is 6.61 Å². The highest BCUT2D eigenvalue weighted by molar-refractivity contribution is 7.85. The number of rotatable bonds is 8. The van der Waals surface area contributed by atoms with Crippen molar-refractivity contribution in [2.24, 2.45) is 5.73 Å². The smallest absolute Gasteiger partial charge is 0.328 e. The van der Waals surface area contributed by atoms with Crippen molar-refractivity contribution in [3.05, 3.63) is 102 Å². The molecule has 188 valence electrons. The van der Waals surface area contributed by atoms with Gasteiger partial charge in [0, 0.05) is 17.2 Å². The molecule has 0 aliphatic carbocycles. The summed E-state index contributed by atoms with van der Waals surface area (Å²) in [6.45, 7) is 4.32. The van der Waals surface area contributed by atoms with E-state index < -0.39 is 15.2 Å². The zero-order chi connectivity index (χ0) is 26.1. The maximum atomic E-state index is 11.1. The molecule has 3 N–H and O–H groups in total. The Kier molecular flexibility index (Phi) is 8.88. The molecule has 0 fully saturated rings. The summed E-state index contributed by atoms with van der Waals surface area (Å²) >= 11 is 0. The van der Waals surface area contributed by atoms with Gasteiger partial charge in [-0.05, 0) is 61.4 Å². The maximum Gasteiger partial charge on any atom is 0.328 e. The van der Waals surface area contributed by atoms with E-state index >= 15 is 0 Å². The molecule has 4 rings (SSSR count). The van der Waals surface area contributed by atoms with E-state index in [0.29, 0.717) is 29.2 Å². The lowest BCUT2D eigenvalue weighted by atomic mass is 10.1. The average Bonchev–Trinajstić information content (AvgIpc) is 3.26. The first-order valence-corrected chi connectivity index (χ1v) is 12.5. The molecule has 0 unspecified atom stereocenters. The normalized spacial score (nSPS) is 10.8. The summed E-state index contributed by atoms with van der Waals surface area (Å²) in [4.78, 5) is 10.4. The zero-order valence-corrected chi connectivity index (χ0v) is 20.7. The van der Waals surface area contributed by atoms with Crippen LogP contribution in [0.2, 0.25) is 0 Å². The Morgan fingerprint density at radius 2 is 1.42 bits per heavy atom. The minimum atomic E-state index is -4.36. The summed E-state index contributed by atoms with van der Waals surface area (Å²) in [5.41, 5.74) is 8.19. The summed E-state index contributed by atoms with van der Waals surface area (Å²) < 4.78 is 47.4. The van der Waals surface area contributed by atoms with E-state index in [4.69, 9.17) is 24.2 Å². The molecule has 0 atom stereocenters. The number of hydrogen-bond donors (Lipinski definition) is 2. The Bertz CT molecular complexity index is 1380. The molecule has 0 aliphatic heterocycles. The lowest BCUT2D eigenvalue weighted by Crippen LogP contribution is -2.09. The summed E-state index contributed by atoms with van der Waals surface area (Å²) in [6, 6.07) is 25.4. The second-order valence-electron chi connectivity index (χ2n) is 7.62. The van der Waals surface area contributed by atoms with Crippen LogP contribution in [0.15, 0.2) is 94.4 Å². The van der Waals surface area contributed by atoms with E-state index in [9.17, 15) is 13.2 Å². The monoisotopic (exact) mass is 509 g/mol. The van der Waals surface area contributed by atoms with Crippen molar-refractivity contribution in [3.8, 4) is 22.6 Å². The predicted octanol–water partition coefficient (Wildman–Crippen LogP) is 5.26. The number of carbonyl (C=O) groups excluding carboxylic acids is 1. The van der Waals surface area contributed by atoms with Crippen LogP contribution in [0.1, 0.15) is 28.6 Å². The third kappa shape index (κ3) is 7.46. The average molecular weight is 510 g/mol. The van der Waals surface area contributed by atoms with Crippen molar-refractivity contribution in [2.45, 2.75) is 25.5 Å². The Balaban J connectivity index is 0.000000338. The molecule has 36 heavy (non-hydrogen) atoms. The van der Waals surface area contributed by atoms with Crippen molar-refractivity contribution in [1.29, 1.82) is 0 Å². The van der Waals surface area contributed by atoms with Crippen molar-refractivity contribution >= 4 is 16.0 Å². The number of ether oxygens (including phenoxy) is 2. The molecule has 0 aliphatic rings. The first-order valence-electron chi connectivity index (χ1n) is 11.0. The predicted molar refractivity (Wildman–Crippen MR) is 136 cm³/mol. The highest BCUT2D eigenvalue weighted by Gasteiger charge is 2.18. The first kappa shape index (κ1) is 26.5. The molecule has 9 heteroatoms. The second-order valence-corrected chi connectivity index (χ2v) is 8.98. The first-order chi connectivity index (χ1) is 17.2. The molecular weight excluding hydrogens is 482 g/mol. The van der Waals surface area contributed by atoms with Gasteiger partial charge in [-0.25, -0.2) is 0 Å². The molecule has 4 aromatic rings. The molecular formula is C27H27NO7S. The molecule has 1 heterocycles. The van der Waals surface area contributed by atoms with E-state index in [0.717, 1.165) is 16.9 Å². The topological polar surface area (TPSA) is 129 Å². The van der Waals surface area contributed by atoms with Crippen LogP contribution in [-0.4, -0.2) is 25.5 Å². The van der Waals surface area contributed by atoms with E-state index in [2.05, 4.69) is 0 Å². The molecule has 0 spiro atoms. The summed E-state index contributed by atoms with van der Waals surface area (Å²) in [5.74, 6) is 1.48. The van der Waals surface area contributed by atoms with Gasteiger partial charge in [-0.1, -0.05) is 42.5 Å². The fourth-order valence-corrected chi connectivity index (χ4v) is 3.70. The molecule has 0 radical (unpaired) electrons. The van der Waals surface area contributed by atoms with Gasteiger partial charge in [0.2, 0.25) is 11.0 Å². The summed E-state index contributed by atoms with van der Waals surface area (Å²) in [5, 5.41) is -0.482. The highest BCUT2D eigenvalue weighted by Crippen LogP contribution is 2.26. The zero-order valence-electron chi connectivity index (χ0n) is 19.9. The van der Waals surface area contributed by atoms with Crippen LogP contribution in [-0.2, 0) is 16.7 Å². The minimum absolute atomic E-state index is 0.132. The number of primary amides is 1. The van der Waals surface area contributed by atoms with Gasteiger partial charge < -0.3 is 19.6 Å². The van der Waals surface area contributed by atoms with Gasteiger partial charge in [-0.2, -0.15) is 8.42 Å². The SMILES string of the molecule is CCOc1ccc(-c2ccc(OCc3cc(S(=O)(=O)O)oc3C)cc2)cc1.NC(=O)c1ccccc1. The third-order valence-electron chi connectivity index (χ3n) is 5.06. The molecule has 3 aromatic carbocycles. The number of nitrogens with two attached hydrogens (primary N) is 1. The fourth-order valence-electron chi connectivity index (χ4n) is 3.18. The van der Waals surface area contributed by atoms with Crippen LogP contribution in [0.5, 0.6) is 11.5 Å². The Labute approximate surface area is 210 Å². The number of amides is 1. The highest BCUT2D eigenvalue weighted by atomic mass is 32.2. The molecule has 1 aromatic heterocycles. The van der Waals surface area contributed by atoms with Crippen LogP contribution >= 0.6 is 0 Å².